The number of carbonyl (C=O) groups is 1. The van der Waals surface area contributed by atoms with E-state index in [1.807, 2.05) is 67.9 Å². The summed E-state index contributed by atoms with van der Waals surface area (Å²) in [6, 6.07) is 13.1. The minimum atomic E-state index is -0.301. The highest BCUT2D eigenvalue weighted by molar-refractivity contribution is 9.10. The number of rotatable bonds is 8. The number of aryl methyl sites for hydroxylation is 1. The van der Waals surface area contributed by atoms with Gasteiger partial charge in [-0.2, -0.15) is 0 Å². The van der Waals surface area contributed by atoms with Gasteiger partial charge in [0, 0.05) is 17.2 Å². The van der Waals surface area contributed by atoms with Crippen LogP contribution >= 0.6 is 27.7 Å². The molecule has 3 rings (SSSR count). The highest BCUT2D eigenvalue weighted by atomic mass is 79.9. The summed E-state index contributed by atoms with van der Waals surface area (Å²) < 4.78 is 14.0. The Bertz CT molecular complexity index is 1020. The fourth-order valence-corrected chi connectivity index (χ4v) is 3.73. The molecule has 7 nitrogen and oxygen atoms in total. The van der Waals surface area contributed by atoms with Crippen LogP contribution in [-0.4, -0.2) is 33.5 Å². The number of nitrogens with one attached hydrogen (secondary N) is 1. The van der Waals surface area contributed by atoms with Gasteiger partial charge in [-0.25, -0.2) is 0 Å². The van der Waals surface area contributed by atoms with Crippen molar-refractivity contribution in [3.8, 4) is 11.5 Å². The van der Waals surface area contributed by atoms with E-state index in [0.29, 0.717) is 16.7 Å². The molecule has 1 atom stereocenters. The zero-order valence-electron chi connectivity index (χ0n) is 17.2. The van der Waals surface area contributed by atoms with E-state index < -0.39 is 0 Å². The number of benzene rings is 2. The van der Waals surface area contributed by atoms with Crippen LogP contribution < -0.4 is 14.8 Å². The van der Waals surface area contributed by atoms with Crippen LogP contribution in [0.5, 0.6) is 11.5 Å². The Morgan fingerprint density at radius 3 is 2.57 bits per heavy atom. The summed E-state index contributed by atoms with van der Waals surface area (Å²) in [4.78, 5) is 12.3. The predicted molar refractivity (Wildman–Crippen MR) is 121 cm³/mol. The van der Waals surface area contributed by atoms with E-state index in [4.69, 9.17) is 9.47 Å². The van der Waals surface area contributed by atoms with Gasteiger partial charge in [-0.3, -0.25) is 4.79 Å². The van der Waals surface area contributed by atoms with Gasteiger partial charge in [-0.05, 0) is 61.9 Å². The van der Waals surface area contributed by atoms with Crippen molar-refractivity contribution in [2.24, 2.45) is 7.05 Å². The number of hydrogen-bond acceptors (Lipinski definition) is 6. The largest absolute Gasteiger partial charge is 0.497 e. The summed E-state index contributed by atoms with van der Waals surface area (Å²) in [6.07, 6.45) is -0.301. The fourth-order valence-electron chi connectivity index (χ4n) is 2.77. The number of thioether (sulfide) groups is 1. The monoisotopic (exact) mass is 490 g/mol. The number of carbonyl (C=O) groups excluding carboxylic acids is 1. The molecule has 1 heterocycles. The maximum absolute atomic E-state index is 12.3. The van der Waals surface area contributed by atoms with Crippen LogP contribution in [0.25, 0.3) is 0 Å². The van der Waals surface area contributed by atoms with Crippen LogP contribution in [0.15, 0.2) is 52.1 Å². The normalized spacial score (nSPS) is 11.8. The minimum absolute atomic E-state index is 0.103. The van der Waals surface area contributed by atoms with Crippen LogP contribution in [0.2, 0.25) is 0 Å². The van der Waals surface area contributed by atoms with Crippen molar-refractivity contribution in [2.45, 2.75) is 25.1 Å². The van der Waals surface area contributed by atoms with E-state index >= 15 is 0 Å². The molecule has 0 fully saturated rings. The molecule has 1 unspecified atom stereocenters. The van der Waals surface area contributed by atoms with Crippen LogP contribution in [0.4, 0.5) is 5.69 Å². The molecular formula is C21H23BrN4O3S. The summed E-state index contributed by atoms with van der Waals surface area (Å²) in [5, 5.41) is 12.0. The van der Waals surface area contributed by atoms with Crippen molar-refractivity contribution in [1.29, 1.82) is 0 Å². The molecular weight excluding hydrogens is 468 g/mol. The van der Waals surface area contributed by atoms with E-state index in [9.17, 15) is 4.79 Å². The maximum atomic E-state index is 12.3. The van der Waals surface area contributed by atoms with Crippen molar-refractivity contribution < 1.29 is 14.3 Å². The van der Waals surface area contributed by atoms with Crippen molar-refractivity contribution >= 4 is 39.3 Å². The first-order chi connectivity index (χ1) is 14.4. The average molecular weight is 491 g/mol. The topological polar surface area (TPSA) is 78.3 Å². The van der Waals surface area contributed by atoms with Crippen LogP contribution in [0.3, 0.4) is 0 Å². The van der Waals surface area contributed by atoms with E-state index in [1.54, 1.807) is 7.11 Å². The van der Waals surface area contributed by atoms with Gasteiger partial charge in [0.15, 0.2) is 17.1 Å². The average Bonchev–Trinajstić information content (AvgIpc) is 3.10. The molecule has 0 bridgehead atoms. The molecule has 0 spiro atoms. The molecule has 2 aromatic carbocycles. The number of nitrogens with zero attached hydrogens (tertiary/aromatic N) is 3. The third-order valence-electron chi connectivity index (χ3n) is 4.38. The fraction of sp³-hybridized carbons (Fsp3) is 0.286. The zero-order valence-corrected chi connectivity index (χ0v) is 19.6. The molecule has 1 amide bonds. The standard InChI is InChI=1S/C21H23BrN4O3S/c1-13-11-15(5-10-18(13)22)23-19(27)12-30-21-25-24-20(26(21)3)14(2)29-17-8-6-16(28-4)7-9-17/h5-11,14H,12H2,1-4H3,(H,23,27). The number of amides is 1. The van der Waals surface area contributed by atoms with Gasteiger partial charge in [0.1, 0.15) is 11.5 Å². The molecule has 9 heteroatoms. The molecule has 3 aromatic rings. The van der Waals surface area contributed by atoms with Crippen LogP contribution in [-0.2, 0) is 11.8 Å². The van der Waals surface area contributed by atoms with Gasteiger partial charge >= 0.3 is 0 Å². The Labute approximate surface area is 188 Å². The minimum Gasteiger partial charge on any atom is -0.497 e. The summed E-state index contributed by atoms with van der Waals surface area (Å²) in [7, 11) is 3.49. The van der Waals surface area contributed by atoms with Gasteiger partial charge < -0.3 is 19.4 Å². The van der Waals surface area contributed by atoms with Crippen molar-refractivity contribution in [3.63, 3.8) is 0 Å². The second-order valence-electron chi connectivity index (χ2n) is 6.64. The van der Waals surface area contributed by atoms with Crippen molar-refractivity contribution in [2.75, 3.05) is 18.2 Å². The molecule has 1 N–H and O–H groups in total. The Morgan fingerprint density at radius 1 is 1.20 bits per heavy atom. The number of aromatic nitrogens is 3. The van der Waals surface area contributed by atoms with E-state index in [2.05, 4.69) is 31.4 Å². The molecule has 0 saturated heterocycles. The third-order valence-corrected chi connectivity index (χ3v) is 6.29. The Morgan fingerprint density at radius 2 is 1.90 bits per heavy atom. The third kappa shape index (κ3) is 5.54. The summed E-state index contributed by atoms with van der Waals surface area (Å²) in [5.41, 5.74) is 1.82. The van der Waals surface area contributed by atoms with Crippen LogP contribution in [0, 0.1) is 6.92 Å². The number of ether oxygens (including phenoxy) is 2. The smallest absolute Gasteiger partial charge is 0.234 e. The first-order valence-corrected chi connectivity index (χ1v) is 11.0. The molecule has 0 aliphatic carbocycles. The lowest BCUT2D eigenvalue weighted by atomic mass is 10.2. The molecule has 1 aromatic heterocycles. The quantitative estimate of drug-likeness (QED) is 0.458. The Balaban J connectivity index is 1.57. The maximum Gasteiger partial charge on any atom is 0.234 e. The van der Waals surface area contributed by atoms with E-state index in [1.165, 1.54) is 11.8 Å². The van der Waals surface area contributed by atoms with Crippen molar-refractivity contribution in [3.05, 3.63) is 58.3 Å². The Hall–Kier alpha value is -2.52. The van der Waals surface area contributed by atoms with Gasteiger partial charge in [0.25, 0.3) is 0 Å². The summed E-state index contributed by atoms with van der Waals surface area (Å²) >= 11 is 4.78. The molecule has 0 radical (unpaired) electrons. The highest BCUT2D eigenvalue weighted by Crippen LogP contribution is 2.25. The number of methoxy groups -OCH3 is 1. The lowest BCUT2D eigenvalue weighted by Crippen LogP contribution is -2.15. The number of anilines is 1. The summed E-state index contributed by atoms with van der Waals surface area (Å²) in [5.74, 6) is 2.29. The molecule has 158 valence electrons. The first kappa shape index (κ1) is 22.2. The van der Waals surface area contributed by atoms with Crippen molar-refractivity contribution in [1.82, 2.24) is 14.8 Å². The lowest BCUT2D eigenvalue weighted by molar-refractivity contribution is -0.113. The summed E-state index contributed by atoms with van der Waals surface area (Å²) in [6.45, 7) is 3.88. The zero-order chi connectivity index (χ0) is 21.7. The molecule has 0 aliphatic heterocycles. The predicted octanol–water partition coefficient (Wildman–Crippen LogP) is 4.77. The van der Waals surface area contributed by atoms with Gasteiger partial charge in [0.05, 0.1) is 12.9 Å². The molecule has 30 heavy (non-hydrogen) atoms. The van der Waals surface area contributed by atoms with Gasteiger partial charge in [-0.1, -0.05) is 27.7 Å². The van der Waals surface area contributed by atoms with Crippen LogP contribution in [0.1, 0.15) is 24.4 Å². The van der Waals surface area contributed by atoms with Gasteiger partial charge in [0.2, 0.25) is 5.91 Å². The first-order valence-electron chi connectivity index (χ1n) is 9.26. The highest BCUT2D eigenvalue weighted by Gasteiger charge is 2.18. The Kier molecular flexibility index (Phi) is 7.38. The van der Waals surface area contributed by atoms with Gasteiger partial charge in [-0.15, -0.1) is 10.2 Å². The van der Waals surface area contributed by atoms with E-state index in [0.717, 1.165) is 21.5 Å². The molecule has 0 aliphatic rings. The lowest BCUT2D eigenvalue weighted by Gasteiger charge is -2.14. The van der Waals surface area contributed by atoms with E-state index in [-0.39, 0.29) is 17.8 Å². The second-order valence-corrected chi connectivity index (χ2v) is 8.43. The molecule has 0 saturated carbocycles. The second kappa shape index (κ2) is 9.99. The number of halogens is 1. The SMILES string of the molecule is COc1ccc(OC(C)c2nnc(SCC(=O)Nc3ccc(Br)c(C)c3)n2C)cc1. The number of hydrogen-bond donors (Lipinski definition) is 1.